The van der Waals surface area contributed by atoms with Crippen molar-refractivity contribution in [3.63, 3.8) is 0 Å². The second-order valence-electron chi connectivity index (χ2n) is 7.01. The molecule has 1 aromatic carbocycles. The third-order valence-corrected chi connectivity index (χ3v) is 5.11. The molecule has 6 heteroatoms. The lowest BCUT2D eigenvalue weighted by molar-refractivity contribution is 0.0790. The number of carbonyl (C=O) groups excluding carboxylic acids is 1. The van der Waals surface area contributed by atoms with Gasteiger partial charge in [0.05, 0.1) is 0 Å². The van der Waals surface area contributed by atoms with E-state index in [1.807, 2.05) is 19.2 Å². The highest BCUT2D eigenvalue weighted by atomic mass is 16.2. The Morgan fingerprint density at radius 3 is 2.68 bits per heavy atom. The quantitative estimate of drug-likeness (QED) is 0.688. The smallest absolute Gasteiger partial charge is 0.272 e. The maximum absolute atomic E-state index is 12.8. The van der Waals surface area contributed by atoms with E-state index in [1.165, 1.54) is 11.1 Å². The molecule has 0 saturated heterocycles. The highest BCUT2D eigenvalue weighted by Gasteiger charge is 2.20. The van der Waals surface area contributed by atoms with E-state index in [9.17, 15) is 4.79 Å². The van der Waals surface area contributed by atoms with Crippen LogP contribution in [0.1, 0.15) is 27.2 Å². The number of fused-ring (bicyclic) bond motifs is 1. The first-order chi connectivity index (χ1) is 13.7. The highest BCUT2D eigenvalue weighted by molar-refractivity contribution is 5.92. The third kappa shape index (κ3) is 4.01. The molecule has 4 rings (SSSR count). The summed E-state index contributed by atoms with van der Waals surface area (Å²) in [5.74, 6) is 0.526. The lowest BCUT2D eigenvalue weighted by Crippen LogP contribution is -2.33. The highest BCUT2D eigenvalue weighted by Crippen LogP contribution is 2.22. The summed E-state index contributed by atoms with van der Waals surface area (Å²) in [6, 6.07) is 14.1. The maximum Gasteiger partial charge on any atom is 0.272 e. The molecule has 0 saturated carbocycles. The molecule has 0 bridgehead atoms. The van der Waals surface area contributed by atoms with Crippen LogP contribution < -0.4 is 4.90 Å². The molecule has 0 radical (unpaired) electrons. The van der Waals surface area contributed by atoms with Crippen molar-refractivity contribution >= 4 is 11.9 Å². The Balaban J connectivity index is 1.44. The summed E-state index contributed by atoms with van der Waals surface area (Å²) in [6.07, 6.45) is 6.96. The zero-order valence-electron chi connectivity index (χ0n) is 16.0. The molecular weight excluding hydrogens is 350 g/mol. The standard InChI is InChI=1S/C22H23N5O/c1-26(14-9-17-6-11-23-12-7-17)21(28)20-8-13-24-22(25-20)27-15-10-18-4-2-3-5-19(18)16-27/h2-8,11-13H,9-10,14-16H2,1H3. The first-order valence-corrected chi connectivity index (χ1v) is 9.50. The molecule has 0 N–H and O–H groups in total. The molecular formula is C22H23N5O. The number of benzene rings is 1. The van der Waals surface area contributed by atoms with Gasteiger partial charge in [0.1, 0.15) is 5.69 Å². The van der Waals surface area contributed by atoms with Crippen molar-refractivity contribution in [1.29, 1.82) is 0 Å². The molecule has 1 aliphatic rings. The number of amides is 1. The predicted octanol–water partition coefficient (Wildman–Crippen LogP) is 2.75. The van der Waals surface area contributed by atoms with E-state index in [1.54, 1.807) is 29.6 Å². The second-order valence-corrected chi connectivity index (χ2v) is 7.01. The van der Waals surface area contributed by atoms with Gasteiger partial charge in [-0.05, 0) is 47.7 Å². The predicted molar refractivity (Wildman–Crippen MR) is 108 cm³/mol. The summed E-state index contributed by atoms with van der Waals surface area (Å²) in [5.41, 5.74) is 4.26. The van der Waals surface area contributed by atoms with E-state index in [-0.39, 0.29) is 5.91 Å². The molecule has 3 aromatic rings. The Kier molecular flexibility index (Phi) is 5.28. The molecule has 0 spiro atoms. The number of aromatic nitrogens is 3. The number of nitrogens with zero attached hydrogens (tertiary/aromatic N) is 5. The van der Waals surface area contributed by atoms with Gasteiger partial charge in [0.2, 0.25) is 5.95 Å². The molecule has 0 unspecified atom stereocenters. The molecule has 0 fully saturated rings. The average molecular weight is 373 g/mol. The van der Waals surface area contributed by atoms with Gasteiger partial charge < -0.3 is 9.80 Å². The first-order valence-electron chi connectivity index (χ1n) is 9.50. The van der Waals surface area contributed by atoms with Crippen LogP contribution in [0.15, 0.2) is 61.1 Å². The number of anilines is 1. The summed E-state index contributed by atoms with van der Waals surface area (Å²) < 4.78 is 0. The fourth-order valence-corrected chi connectivity index (χ4v) is 3.43. The van der Waals surface area contributed by atoms with Crippen LogP contribution >= 0.6 is 0 Å². The normalized spacial score (nSPS) is 13.1. The van der Waals surface area contributed by atoms with E-state index >= 15 is 0 Å². The third-order valence-electron chi connectivity index (χ3n) is 5.11. The van der Waals surface area contributed by atoms with Gasteiger partial charge in [0.25, 0.3) is 5.91 Å². The Bertz CT molecular complexity index is 960. The Morgan fingerprint density at radius 1 is 1.07 bits per heavy atom. The topological polar surface area (TPSA) is 62.2 Å². The van der Waals surface area contributed by atoms with E-state index < -0.39 is 0 Å². The van der Waals surface area contributed by atoms with E-state index in [0.29, 0.717) is 18.2 Å². The summed E-state index contributed by atoms with van der Waals surface area (Å²) >= 11 is 0. The van der Waals surface area contributed by atoms with Crippen LogP contribution in [0.4, 0.5) is 5.95 Å². The minimum atomic E-state index is -0.0879. The maximum atomic E-state index is 12.8. The van der Waals surface area contributed by atoms with E-state index in [4.69, 9.17) is 0 Å². The average Bonchev–Trinajstić information content (AvgIpc) is 2.77. The molecule has 142 valence electrons. The molecule has 28 heavy (non-hydrogen) atoms. The van der Waals surface area contributed by atoms with Gasteiger partial charge in [0.15, 0.2) is 0 Å². The molecule has 1 amide bonds. The number of hydrogen-bond acceptors (Lipinski definition) is 5. The number of hydrogen-bond donors (Lipinski definition) is 0. The van der Waals surface area contributed by atoms with Crippen molar-refractivity contribution in [3.05, 3.63) is 83.4 Å². The first kappa shape index (κ1) is 18.1. The van der Waals surface area contributed by atoms with Gasteiger partial charge in [-0.3, -0.25) is 9.78 Å². The second kappa shape index (κ2) is 8.17. The van der Waals surface area contributed by atoms with Gasteiger partial charge in [0, 0.05) is 45.3 Å². The van der Waals surface area contributed by atoms with Crippen molar-refractivity contribution in [2.75, 3.05) is 25.0 Å². The lowest BCUT2D eigenvalue weighted by Gasteiger charge is -2.29. The van der Waals surface area contributed by atoms with Crippen LogP contribution in [0.3, 0.4) is 0 Å². The lowest BCUT2D eigenvalue weighted by atomic mass is 10.0. The van der Waals surface area contributed by atoms with Crippen LogP contribution in [0, 0.1) is 0 Å². The van der Waals surface area contributed by atoms with Crippen LogP contribution in [0.5, 0.6) is 0 Å². The van der Waals surface area contributed by atoms with Gasteiger partial charge in [-0.15, -0.1) is 0 Å². The molecule has 2 aromatic heterocycles. The van der Waals surface area contributed by atoms with Crippen molar-refractivity contribution in [2.24, 2.45) is 0 Å². The number of likely N-dealkylation sites (N-methyl/N-ethyl adjacent to an activating group) is 1. The number of pyridine rings is 1. The minimum Gasteiger partial charge on any atom is -0.340 e. The summed E-state index contributed by atoms with van der Waals surface area (Å²) in [6.45, 7) is 2.25. The summed E-state index contributed by atoms with van der Waals surface area (Å²) in [5, 5.41) is 0. The zero-order chi connectivity index (χ0) is 19.3. The minimum absolute atomic E-state index is 0.0879. The number of rotatable bonds is 5. The molecule has 1 aliphatic heterocycles. The molecule has 6 nitrogen and oxygen atoms in total. The van der Waals surface area contributed by atoms with Crippen molar-refractivity contribution in [2.45, 2.75) is 19.4 Å². The Morgan fingerprint density at radius 2 is 1.86 bits per heavy atom. The Hall–Kier alpha value is -3.28. The molecule has 0 aliphatic carbocycles. The van der Waals surface area contributed by atoms with Crippen LogP contribution in [0.25, 0.3) is 0 Å². The van der Waals surface area contributed by atoms with Gasteiger partial charge >= 0.3 is 0 Å². The van der Waals surface area contributed by atoms with Crippen LogP contribution in [-0.2, 0) is 19.4 Å². The van der Waals surface area contributed by atoms with Crippen molar-refractivity contribution in [1.82, 2.24) is 19.9 Å². The van der Waals surface area contributed by atoms with Crippen molar-refractivity contribution in [3.8, 4) is 0 Å². The van der Waals surface area contributed by atoms with Gasteiger partial charge in [-0.25, -0.2) is 9.97 Å². The largest absolute Gasteiger partial charge is 0.340 e. The van der Waals surface area contributed by atoms with E-state index in [2.05, 4.69) is 44.1 Å². The van der Waals surface area contributed by atoms with Crippen molar-refractivity contribution < 1.29 is 4.79 Å². The number of carbonyl (C=O) groups is 1. The van der Waals surface area contributed by atoms with Crippen LogP contribution in [-0.4, -0.2) is 45.9 Å². The summed E-state index contributed by atoms with van der Waals surface area (Å²) in [4.78, 5) is 29.6. The van der Waals surface area contributed by atoms with Crippen LogP contribution in [0.2, 0.25) is 0 Å². The molecule has 3 heterocycles. The van der Waals surface area contributed by atoms with E-state index in [0.717, 1.165) is 31.5 Å². The molecule has 0 atom stereocenters. The Labute approximate surface area is 164 Å². The monoisotopic (exact) mass is 373 g/mol. The fraction of sp³-hybridized carbons (Fsp3) is 0.273. The summed E-state index contributed by atoms with van der Waals surface area (Å²) in [7, 11) is 1.81. The van der Waals surface area contributed by atoms with Gasteiger partial charge in [-0.1, -0.05) is 24.3 Å². The van der Waals surface area contributed by atoms with Gasteiger partial charge in [-0.2, -0.15) is 0 Å². The fourth-order valence-electron chi connectivity index (χ4n) is 3.43. The SMILES string of the molecule is CN(CCc1ccncc1)C(=O)c1ccnc(N2CCc3ccccc3C2)n1. The zero-order valence-corrected chi connectivity index (χ0v) is 16.0.